The fourth-order valence-electron chi connectivity index (χ4n) is 3.59. The number of benzene rings is 2. The topological polar surface area (TPSA) is 114 Å². The third-order valence-electron chi connectivity index (χ3n) is 5.39. The van der Waals surface area contributed by atoms with Gasteiger partial charge in [-0.1, -0.05) is 24.3 Å². The standard InChI is InChI=1S/C22H25N3O6S/c26-21(23-24-22(27)20-15-30-18-5-1-2-6-19(18)31-20)12-9-16-7-10-17(11-8-16)32(28,29)25-13-3-4-14-25/h1-2,5-8,10-11,20H,3-4,9,12-15H2,(H,23,26)(H,24,27). The van der Waals surface area contributed by atoms with Crippen molar-refractivity contribution in [3.8, 4) is 11.5 Å². The molecule has 0 saturated carbocycles. The summed E-state index contributed by atoms with van der Waals surface area (Å²) >= 11 is 0. The van der Waals surface area contributed by atoms with E-state index < -0.39 is 22.0 Å². The van der Waals surface area contributed by atoms with Crippen LogP contribution in [0.4, 0.5) is 0 Å². The Morgan fingerprint density at radius 1 is 0.969 bits per heavy atom. The lowest BCUT2D eigenvalue weighted by Gasteiger charge is -2.25. The number of aryl methyl sites for hydroxylation is 1. The average molecular weight is 460 g/mol. The monoisotopic (exact) mass is 459 g/mol. The van der Waals surface area contributed by atoms with Crippen molar-refractivity contribution in [2.24, 2.45) is 0 Å². The Morgan fingerprint density at radius 3 is 2.38 bits per heavy atom. The molecule has 0 aromatic heterocycles. The van der Waals surface area contributed by atoms with E-state index in [1.165, 1.54) is 4.31 Å². The molecule has 1 unspecified atom stereocenters. The Morgan fingerprint density at radius 2 is 1.66 bits per heavy atom. The highest BCUT2D eigenvalue weighted by molar-refractivity contribution is 7.89. The van der Waals surface area contributed by atoms with Gasteiger partial charge in [-0.25, -0.2) is 8.42 Å². The van der Waals surface area contributed by atoms with Gasteiger partial charge in [0.25, 0.3) is 5.91 Å². The fraction of sp³-hybridized carbons (Fsp3) is 0.364. The molecule has 2 aliphatic rings. The van der Waals surface area contributed by atoms with E-state index in [1.54, 1.807) is 42.5 Å². The Kier molecular flexibility index (Phi) is 6.61. The van der Waals surface area contributed by atoms with E-state index in [9.17, 15) is 18.0 Å². The van der Waals surface area contributed by atoms with E-state index in [0.29, 0.717) is 31.0 Å². The molecule has 9 nitrogen and oxygen atoms in total. The zero-order valence-corrected chi connectivity index (χ0v) is 18.3. The third kappa shape index (κ3) is 5.03. The van der Waals surface area contributed by atoms with Crippen LogP contribution in [-0.4, -0.2) is 50.3 Å². The van der Waals surface area contributed by atoms with E-state index >= 15 is 0 Å². The molecule has 2 aliphatic heterocycles. The largest absolute Gasteiger partial charge is 0.485 e. The first kappa shape index (κ1) is 22.1. The Labute approximate surface area is 186 Å². The third-order valence-corrected chi connectivity index (χ3v) is 7.31. The van der Waals surface area contributed by atoms with Crippen molar-refractivity contribution in [2.75, 3.05) is 19.7 Å². The van der Waals surface area contributed by atoms with Gasteiger partial charge in [0, 0.05) is 19.5 Å². The molecule has 2 heterocycles. The predicted molar refractivity (Wildman–Crippen MR) is 115 cm³/mol. The van der Waals surface area contributed by atoms with Crippen LogP contribution < -0.4 is 20.3 Å². The van der Waals surface area contributed by atoms with Crippen molar-refractivity contribution >= 4 is 21.8 Å². The minimum Gasteiger partial charge on any atom is -0.485 e. The highest BCUT2D eigenvalue weighted by atomic mass is 32.2. The van der Waals surface area contributed by atoms with Crippen LogP contribution >= 0.6 is 0 Å². The average Bonchev–Trinajstić information content (AvgIpc) is 3.37. The summed E-state index contributed by atoms with van der Waals surface area (Å²) in [4.78, 5) is 24.6. The number of carbonyl (C=O) groups is 2. The number of rotatable bonds is 6. The zero-order chi connectivity index (χ0) is 22.6. The van der Waals surface area contributed by atoms with Crippen LogP contribution in [0.2, 0.25) is 0 Å². The first-order chi connectivity index (χ1) is 15.4. The van der Waals surface area contributed by atoms with Crippen LogP contribution in [0.1, 0.15) is 24.8 Å². The number of hydrogen-bond donors (Lipinski definition) is 2. The van der Waals surface area contributed by atoms with E-state index in [2.05, 4.69) is 10.9 Å². The first-order valence-corrected chi connectivity index (χ1v) is 11.9. The van der Waals surface area contributed by atoms with Crippen molar-refractivity contribution in [3.05, 3.63) is 54.1 Å². The molecule has 170 valence electrons. The minimum atomic E-state index is -3.45. The molecule has 0 radical (unpaired) electrons. The van der Waals surface area contributed by atoms with Gasteiger partial charge >= 0.3 is 0 Å². The number of fused-ring (bicyclic) bond motifs is 1. The number of sulfonamides is 1. The van der Waals surface area contributed by atoms with Crippen LogP contribution in [0.5, 0.6) is 11.5 Å². The van der Waals surface area contributed by atoms with Crippen molar-refractivity contribution in [1.82, 2.24) is 15.2 Å². The summed E-state index contributed by atoms with van der Waals surface area (Å²) in [5.74, 6) is 0.161. The van der Waals surface area contributed by atoms with E-state index in [4.69, 9.17) is 9.47 Å². The van der Waals surface area contributed by atoms with Gasteiger partial charge in [-0.15, -0.1) is 0 Å². The molecular formula is C22H25N3O6S. The van der Waals surface area contributed by atoms with Crippen LogP contribution in [0.25, 0.3) is 0 Å². The molecule has 10 heteroatoms. The SMILES string of the molecule is O=C(CCc1ccc(S(=O)(=O)N2CCCC2)cc1)NNC(=O)C1COc2ccccc2O1. The molecule has 1 saturated heterocycles. The summed E-state index contributed by atoms with van der Waals surface area (Å²) in [6.07, 6.45) is 1.44. The number of hydrogen-bond acceptors (Lipinski definition) is 6. The summed E-state index contributed by atoms with van der Waals surface area (Å²) in [7, 11) is -3.45. The number of hydrazine groups is 1. The highest BCUT2D eigenvalue weighted by Gasteiger charge is 2.28. The maximum Gasteiger partial charge on any atom is 0.283 e. The molecule has 32 heavy (non-hydrogen) atoms. The van der Waals surface area contributed by atoms with Crippen molar-refractivity contribution < 1.29 is 27.5 Å². The lowest BCUT2D eigenvalue weighted by atomic mass is 10.1. The van der Waals surface area contributed by atoms with Gasteiger partial charge in [-0.3, -0.25) is 20.4 Å². The van der Waals surface area contributed by atoms with Gasteiger partial charge in [0.15, 0.2) is 11.5 Å². The van der Waals surface area contributed by atoms with E-state index in [1.807, 2.05) is 6.07 Å². The molecule has 0 bridgehead atoms. The lowest BCUT2D eigenvalue weighted by molar-refractivity contribution is -0.135. The van der Waals surface area contributed by atoms with Gasteiger partial charge < -0.3 is 9.47 Å². The highest BCUT2D eigenvalue weighted by Crippen LogP contribution is 2.30. The molecule has 1 atom stereocenters. The molecule has 1 fully saturated rings. The van der Waals surface area contributed by atoms with Crippen LogP contribution in [0, 0.1) is 0 Å². The number of carbonyl (C=O) groups excluding carboxylic acids is 2. The quantitative estimate of drug-likeness (QED) is 0.631. The molecule has 4 rings (SSSR count). The predicted octanol–water partition coefficient (Wildman–Crippen LogP) is 1.39. The number of amides is 2. The number of nitrogens with zero attached hydrogens (tertiary/aromatic N) is 1. The Balaban J connectivity index is 1.22. The molecule has 2 amide bonds. The lowest BCUT2D eigenvalue weighted by Crippen LogP contribution is -2.50. The minimum absolute atomic E-state index is 0.0470. The summed E-state index contributed by atoms with van der Waals surface area (Å²) in [5, 5.41) is 0. The van der Waals surface area contributed by atoms with Crippen molar-refractivity contribution in [3.63, 3.8) is 0 Å². The smallest absolute Gasteiger partial charge is 0.283 e. The van der Waals surface area contributed by atoms with Gasteiger partial charge in [0.2, 0.25) is 22.0 Å². The van der Waals surface area contributed by atoms with Crippen LogP contribution in [0.3, 0.4) is 0 Å². The molecule has 0 spiro atoms. The second-order valence-electron chi connectivity index (χ2n) is 7.66. The van der Waals surface area contributed by atoms with E-state index in [-0.39, 0.29) is 23.8 Å². The molecule has 2 N–H and O–H groups in total. The summed E-state index contributed by atoms with van der Waals surface area (Å²) < 4.78 is 37.7. The van der Waals surface area contributed by atoms with Gasteiger partial charge in [0.1, 0.15) is 6.61 Å². The normalized spacial score (nSPS) is 18.2. The second-order valence-corrected chi connectivity index (χ2v) is 9.59. The fourth-order valence-corrected chi connectivity index (χ4v) is 5.10. The van der Waals surface area contributed by atoms with Gasteiger partial charge in [-0.05, 0) is 49.1 Å². The van der Waals surface area contributed by atoms with Gasteiger partial charge in [-0.2, -0.15) is 4.31 Å². The summed E-state index contributed by atoms with van der Waals surface area (Å²) in [6.45, 7) is 1.16. The number of ether oxygens (including phenoxy) is 2. The summed E-state index contributed by atoms with van der Waals surface area (Å²) in [5.41, 5.74) is 5.55. The van der Waals surface area contributed by atoms with Gasteiger partial charge in [0.05, 0.1) is 4.90 Å². The number of para-hydroxylation sites is 2. The Hall–Kier alpha value is -3.11. The molecular weight excluding hydrogens is 434 g/mol. The summed E-state index contributed by atoms with van der Waals surface area (Å²) in [6, 6.07) is 13.6. The first-order valence-electron chi connectivity index (χ1n) is 10.5. The van der Waals surface area contributed by atoms with Crippen LogP contribution in [-0.2, 0) is 26.0 Å². The molecule has 2 aromatic rings. The van der Waals surface area contributed by atoms with E-state index in [0.717, 1.165) is 18.4 Å². The maximum atomic E-state index is 12.6. The number of nitrogens with one attached hydrogen (secondary N) is 2. The molecule has 2 aromatic carbocycles. The maximum absolute atomic E-state index is 12.6. The zero-order valence-electron chi connectivity index (χ0n) is 17.5. The second kappa shape index (κ2) is 9.58. The van der Waals surface area contributed by atoms with Crippen LogP contribution in [0.15, 0.2) is 53.4 Å². The van der Waals surface area contributed by atoms with Crippen molar-refractivity contribution in [1.29, 1.82) is 0 Å². The molecule has 0 aliphatic carbocycles. The Bertz CT molecular complexity index is 1080. The van der Waals surface area contributed by atoms with Crippen molar-refractivity contribution in [2.45, 2.75) is 36.7 Å².